The average Bonchev–Trinajstić information content (AvgIpc) is 1.71. The summed E-state index contributed by atoms with van der Waals surface area (Å²) in [6.45, 7) is 0. The van der Waals surface area contributed by atoms with Crippen LogP contribution in [0.25, 0.3) is 0 Å². The van der Waals surface area contributed by atoms with Gasteiger partial charge in [-0.05, 0) is 44.4 Å². The summed E-state index contributed by atoms with van der Waals surface area (Å²) in [7, 11) is 0. The summed E-state index contributed by atoms with van der Waals surface area (Å²) in [6.07, 6.45) is 6.93. The quantitative estimate of drug-likeness (QED) is 0.588. The van der Waals surface area contributed by atoms with Crippen molar-refractivity contribution >= 4 is 39.1 Å². The summed E-state index contributed by atoms with van der Waals surface area (Å²) < 4.78 is 0.274. The molecule has 0 aromatic heterocycles. The van der Waals surface area contributed by atoms with Crippen LogP contribution >= 0.6 is 39.1 Å². The lowest BCUT2D eigenvalue weighted by Crippen LogP contribution is -2.59. The van der Waals surface area contributed by atoms with Crippen LogP contribution in [-0.2, 0) is 0 Å². The van der Waals surface area contributed by atoms with Crippen LogP contribution in [0.15, 0.2) is 0 Å². The maximum Gasteiger partial charge on any atom is 0.0479 e. The van der Waals surface area contributed by atoms with Crippen LogP contribution in [0.1, 0.15) is 38.5 Å². The second-order valence-corrected chi connectivity index (χ2v) is 8.75. The molecule has 4 rings (SSSR count). The molecule has 0 radical (unpaired) electrons. The van der Waals surface area contributed by atoms with Crippen LogP contribution in [0.4, 0.5) is 0 Å². The van der Waals surface area contributed by atoms with E-state index in [1.54, 1.807) is 0 Å². The van der Waals surface area contributed by atoms with E-state index in [1.807, 2.05) is 0 Å². The van der Waals surface area contributed by atoms with Gasteiger partial charge in [-0.3, -0.25) is 0 Å². The standard InChI is InChI=1S/C10H13BrCl2/c11-8-1-7-2-9(12,4-8)6-10(13,3-7)5-8/h7H,1-6H2. The molecule has 3 heteroatoms. The van der Waals surface area contributed by atoms with Crippen LogP contribution in [0, 0.1) is 5.92 Å². The first-order chi connectivity index (χ1) is 5.91. The predicted molar refractivity (Wildman–Crippen MR) is 60.0 cm³/mol. The average molecular weight is 284 g/mol. The smallest absolute Gasteiger partial charge is 0.0479 e. The zero-order chi connectivity index (χ0) is 9.32. The number of halogens is 3. The lowest BCUT2D eigenvalue weighted by Gasteiger charge is -2.61. The highest BCUT2D eigenvalue weighted by Crippen LogP contribution is 2.66. The zero-order valence-corrected chi connectivity index (χ0v) is 10.6. The fourth-order valence-corrected chi connectivity index (χ4v) is 7.47. The fraction of sp³-hybridized carbons (Fsp3) is 1.00. The Labute approximate surface area is 97.5 Å². The van der Waals surface area contributed by atoms with Gasteiger partial charge in [-0.1, -0.05) is 15.9 Å². The Bertz CT molecular complexity index is 215. The van der Waals surface area contributed by atoms with E-state index in [1.165, 1.54) is 19.3 Å². The van der Waals surface area contributed by atoms with Crippen molar-refractivity contribution in [2.24, 2.45) is 5.92 Å². The lowest BCUT2D eigenvalue weighted by atomic mass is 9.55. The van der Waals surface area contributed by atoms with E-state index < -0.39 is 0 Å². The molecule has 0 nitrogen and oxygen atoms in total. The van der Waals surface area contributed by atoms with Crippen molar-refractivity contribution < 1.29 is 0 Å². The van der Waals surface area contributed by atoms with Gasteiger partial charge in [-0.2, -0.15) is 0 Å². The van der Waals surface area contributed by atoms with Gasteiger partial charge in [0.1, 0.15) is 0 Å². The molecular weight excluding hydrogens is 271 g/mol. The molecule has 0 saturated heterocycles. The number of hydrogen-bond donors (Lipinski definition) is 0. The second-order valence-electron chi connectivity index (χ2n) is 5.46. The normalized spacial score (nSPS) is 64.4. The Morgan fingerprint density at radius 2 is 1.46 bits per heavy atom. The van der Waals surface area contributed by atoms with Crippen molar-refractivity contribution in [1.82, 2.24) is 0 Å². The molecule has 2 unspecified atom stereocenters. The first-order valence-electron chi connectivity index (χ1n) is 4.97. The number of rotatable bonds is 0. The largest absolute Gasteiger partial charge is 0.119 e. The Morgan fingerprint density at radius 3 is 1.85 bits per heavy atom. The first kappa shape index (κ1) is 9.30. The summed E-state index contributed by atoms with van der Waals surface area (Å²) in [4.78, 5) is 0.0370. The van der Waals surface area contributed by atoms with Crippen LogP contribution in [-0.4, -0.2) is 14.1 Å². The molecule has 13 heavy (non-hydrogen) atoms. The minimum absolute atomic E-state index is 0.0185. The van der Waals surface area contributed by atoms with E-state index >= 15 is 0 Å². The number of alkyl halides is 3. The van der Waals surface area contributed by atoms with Gasteiger partial charge < -0.3 is 0 Å². The zero-order valence-electron chi connectivity index (χ0n) is 7.45. The van der Waals surface area contributed by atoms with Crippen LogP contribution in [0.3, 0.4) is 0 Å². The molecular formula is C10H13BrCl2. The van der Waals surface area contributed by atoms with E-state index in [-0.39, 0.29) is 14.1 Å². The molecule has 0 aromatic carbocycles. The maximum absolute atomic E-state index is 6.60. The van der Waals surface area contributed by atoms with Gasteiger partial charge in [-0.15, -0.1) is 23.2 Å². The minimum Gasteiger partial charge on any atom is -0.119 e. The van der Waals surface area contributed by atoms with E-state index in [2.05, 4.69) is 15.9 Å². The summed E-state index contributed by atoms with van der Waals surface area (Å²) in [5.74, 6) is 0.769. The number of hydrogen-bond acceptors (Lipinski definition) is 0. The fourth-order valence-electron chi connectivity index (χ4n) is 4.09. The van der Waals surface area contributed by atoms with Gasteiger partial charge in [0, 0.05) is 14.1 Å². The molecule has 0 spiro atoms. The molecule has 4 aliphatic rings. The highest BCUT2D eigenvalue weighted by molar-refractivity contribution is 9.10. The van der Waals surface area contributed by atoms with Gasteiger partial charge in [-0.25, -0.2) is 0 Å². The Kier molecular flexibility index (Phi) is 1.73. The molecule has 4 fully saturated rings. The van der Waals surface area contributed by atoms with Crippen molar-refractivity contribution in [3.8, 4) is 0 Å². The van der Waals surface area contributed by atoms with Crippen molar-refractivity contribution in [1.29, 1.82) is 0 Å². The molecule has 0 heterocycles. The van der Waals surface area contributed by atoms with Gasteiger partial charge in [0.05, 0.1) is 0 Å². The molecule has 2 atom stereocenters. The van der Waals surface area contributed by atoms with Crippen molar-refractivity contribution in [2.45, 2.75) is 52.6 Å². The van der Waals surface area contributed by atoms with E-state index in [9.17, 15) is 0 Å². The second kappa shape index (κ2) is 2.41. The summed E-state index contributed by atoms with van der Waals surface area (Å²) in [6, 6.07) is 0. The third-order valence-corrected chi connectivity index (χ3v) is 5.59. The summed E-state index contributed by atoms with van der Waals surface area (Å²) >= 11 is 17.1. The molecule has 0 N–H and O–H groups in total. The molecule has 0 aliphatic heterocycles. The molecule has 4 aliphatic carbocycles. The van der Waals surface area contributed by atoms with Crippen LogP contribution < -0.4 is 0 Å². The molecule has 0 aromatic rings. The highest BCUT2D eigenvalue weighted by Gasteiger charge is 2.61. The van der Waals surface area contributed by atoms with Gasteiger partial charge in [0.25, 0.3) is 0 Å². The van der Waals surface area contributed by atoms with Crippen molar-refractivity contribution in [2.75, 3.05) is 0 Å². The highest BCUT2D eigenvalue weighted by atomic mass is 79.9. The molecule has 4 saturated carbocycles. The van der Waals surface area contributed by atoms with Crippen LogP contribution in [0.5, 0.6) is 0 Å². The van der Waals surface area contributed by atoms with E-state index in [4.69, 9.17) is 23.2 Å². The third kappa shape index (κ3) is 1.38. The SMILES string of the molecule is ClC12CC3CC(Cl)(C1)CC(Br)(C3)C2. The maximum atomic E-state index is 6.60. The van der Waals surface area contributed by atoms with Gasteiger partial charge >= 0.3 is 0 Å². The molecule has 0 amide bonds. The van der Waals surface area contributed by atoms with E-state index in [0.717, 1.165) is 25.2 Å². The van der Waals surface area contributed by atoms with Gasteiger partial charge in [0.2, 0.25) is 0 Å². The summed E-state index contributed by atoms with van der Waals surface area (Å²) in [5, 5.41) is 0. The Balaban J connectivity index is 2.03. The van der Waals surface area contributed by atoms with Crippen molar-refractivity contribution in [3.63, 3.8) is 0 Å². The monoisotopic (exact) mass is 282 g/mol. The first-order valence-corrected chi connectivity index (χ1v) is 6.52. The third-order valence-electron chi connectivity index (χ3n) is 3.86. The van der Waals surface area contributed by atoms with Crippen molar-refractivity contribution in [3.05, 3.63) is 0 Å². The lowest BCUT2D eigenvalue weighted by molar-refractivity contribution is 0.0732. The molecule has 74 valence electrons. The Morgan fingerprint density at radius 1 is 0.923 bits per heavy atom. The molecule has 4 bridgehead atoms. The Hall–Kier alpha value is 1.06. The minimum atomic E-state index is 0.0185. The van der Waals surface area contributed by atoms with Crippen LogP contribution in [0.2, 0.25) is 0 Å². The van der Waals surface area contributed by atoms with E-state index in [0.29, 0.717) is 0 Å². The summed E-state index contributed by atoms with van der Waals surface area (Å²) in [5.41, 5.74) is 0. The predicted octanol–water partition coefficient (Wildman–Crippen LogP) is 4.07. The topological polar surface area (TPSA) is 0 Å². The van der Waals surface area contributed by atoms with Gasteiger partial charge in [0.15, 0.2) is 0 Å².